The van der Waals surface area contributed by atoms with E-state index in [4.69, 9.17) is 9.47 Å². The van der Waals surface area contributed by atoms with Gasteiger partial charge in [0.1, 0.15) is 0 Å². The number of nitrogens with one attached hydrogen (secondary N) is 1. The molecular weight excluding hydrogens is 142 g/mol. The lowest BCUT2D eigenvalue weighted by Crippen LogP contribution is -2.42. The highest BCUT2D eigenvalue weighted by Gasteiger charge is 2.46. The van der Waals surface area contributed by atoms with Crippen molar-refractivity contribution < 1.29 is 9.47 Å². The van der Waals surface area contributed by atoms with Crippen LogP contribution in [-0.4, -0.2) is 24.7 Å². The Hall–Kier alpha value is -0.120. The van der Waals surface area contributed by atoms with Crippen LogP contribution < -0.4 is 5.32 Å². The molecule has 0 bridgehead atoms. The van der Waals surface area contributed by atoms with E-state index in [9.17, 15) is 0 Å². The van der Waals surface area contributed by atoms with Gasteiger partial charge >= 0.3 is 0 Å². The molecule has 1 fully saturated rings. The van der Waals surface area contributed by atoms with Crippen molar-refractivity contribution in [2.75, 3.05) is 7.05 Å². The van der Waals surface area contributed by atoms with Gasteiger partial charge in [-0.1, -0.05) is 0 Å². The van der Waals surface area contributed by atoms with Gasteiger partial charge in [-0.15, -0.1) is 0 Å². The highest BCUT2D eigenvalue weighted by molar-refractivity contribution is 4.86. The van der Waals surface area contributed by atoms with Crippen LogP contribution in [0.25, 0.3) is 0 Å². The van der Waals surface area contributed by atoms with Gasteiger partial charge in [0.15, 0.2) is 0 Å². The van der Waals surface area contributed by atoms with Gasteiger partial charge in [-0.3, -0.25) is 5.32 Å². The SMILES string of the molecule is CNC1(C)OC(C)C(C)(C)O1. The van der Waals surface area contributed by atoms with Gasteiger partial charge in [-0.25, -0.2) is 0 Å². The van der Waals surface area contributed by atoms with Crippen LogP contribution in [-0.2, 0) is 9.47 Å². The van der Waals surface area contributed by atoms with Crippen molar-refractivity contribution in [1.29, 1.82) is 0 Å². The highest BCUT2D eigenvalue weighted by Crippen LogP contribution is 2.33. The molecule has 11 heavy (non-hydrogen) atoms. The molecule has 0 aromatic rings. The first-order chi connectivity index (χ1) is 4.90. The van der Waals surface area contributed by atoms with Crippen molar-refractivity contribution in [2.45, 2.75) is 45.3 Å². The van der Waals surface area contributed by atoms with E-state index in [2.05, 4.69) is 5.32 Å². The van der Waals surface area contributed by atoms with E-state index >= 15 is 0 Å². The third kappa shape index (κ3) is 1.55. The van der Waals surface area contributed by atoms with Crippen molar-refractivity contribution in [1.82, 2.24) is 5.32 Å². The molecule has 3 heteroatoms. The van der Waals surface area contributed by atoms with Crippen molar-refractivity contribution in [3.8, 4) is 0 Å². The Kier molecular flexibility index (Phi) is 1.99. The molecule has 1 rings (SSSR count). The highest BCUT2D eigenvalue weighted by atomic mass is 16.8. The fourth-order valence-electron chi connectivity index (χ4n) is 1.20. The maximum Gasteiger partial charge on any atom is 0.225 e. The summed E-state index contributed by atoms with van der Waals surface area (Å²) in [5.41, 5.74) is -0.197. The maximum absolute atomic E-state index is 5.66. The zero-order valence-corrected chi connectivity index (χ0v) is 7.89. The lowest BCUT2D eigenvalue weighted by molar-refractivity contribution is -0.189. The second-order valence-electron chi connectivity index (χ2n) is 3.66. The van der Waals surface area contributed by atoms with Crippen LogP contribution in [0.3, 0.4) is 0 Å². The minimum atomic E-state index is -0.608. The van der Waals surface area contributed by atoms with Crippen LogP contribution in [0.15, 0.2) is 0 Å². The predicted octanol–water partition coefficient (Wildman–Crippen LogP) is 1.09. The molecule has 1 saturated heterocycles. The molecule has 0 amide bonds. The Labute approximate surface area is 68.1 Å². The van der Waals surface area contributed by atoms with Crippen molar-refractivity contribution >= 4 is 0 Å². The first-order valence-corrected chi connectivity index (χ1v) is 3.96. The molecule has 0 spiro atoms. The third-order valence-electron chi connectivity index (χ3n) is 2.29. The Morgan fingerprint density at radius 2 is 1.82 bits per heavy atom. The molecule has 0 radical (unpaired) electrons. The first-order valence-electron chi connectivity index (χ1n) is 3.96. The molecule has 2 atom stereocenters. The quantitative estimate of drug-likeness (QED) is 0.621. The van der Waals surface area contributed by atoms with E-state index in [1.165, 1.54) is 0 Å². The average Bonchev–Trinajstić information content (AvgIpc) is 2.04. The molecule has 66 valence electrons. The van der Waals surface area contributed by atoms with E-state index in [0.29, 0.717) is 0 Å². The molecule has 1 heterocycles. The molecule has 0 aromatic carbocycles. The van der Waals surface area contributed by atoms with Crippen LogP contribution in [0, 0.1) is 0 Å². The Balaban J connectivity index is 2.71. The number of ether oxygens (including phenoxy) is 2. The summed E-state index contributed by atoms with van der Waals surface area (Å²) in [6, 6.07) is 0. The lowest BCUT2D eigenvalue weighted by Gasteiger charge is -2.24. The summed E-state index contributed by atoms with van der Waals surface area (Å²) in [7, 11) is 1.83. The fraction of sp³-hybridized carbons (Fsp3) is 1.00. The number of hydrogen-bond acceptors (Lipinski definition) is 3. The first kappa shape index (κ1) is 8.97. The van der Waals surface area contributed by atoms with Crippen molar-refractivity contribution in [2.24, 2.45) is 0 Å². The number of hydrogen-bond donors (Lipinski definition) is 1. The number of rotatable bonds is 1. The van der Waals surface area contributed by atoms with Crippen molar-refractivity contribution in [3.05, 3.63) is 0 Å². The average molecular weight is 159 g/mol. The molecule has 0 aromatic heterocycles. The molecule has 1 aliphatic rings. The molecule has 1 aliphatic heterocycles. The fourth-order valence-corrected chi connectivity index (χ4v) is 1.20. The van der Waals surface area contributed by atoms with Crippen LogP contribution in [0.5, 0.6) is 0 Å². The smallest absolute Gasteiger partial charge is 0.225 e. The van der Waals surface area contributed by atoms with E-state index in [-0.39, 0.29) is 11.7 Å². The normalized spacial score (nSPS) is 42.8. The summed E-state index contributed by atoms with van der Waals surface area (Å²) in [6.07, 6.45) is 0.125. The molecule has 3 nitrogen and oxygen atoms in total. The van der Waals surface area contributed by atoms with E-state index in [0.717, 1.165) is 0 Å². The summed E-state index contributed by atoms with van der Waals surface area (Å²) in [5.74, 6) is -0.608. The topological polar surface area (TPSA) is 30.5 Å². The third-order valence-corrected chi connectivity index (χ3v) is 2.29. The Morgan fingerprint density at radius 1 is 1.27 bits per heavy atom. The molecule has 0 saturated carbocycles. The Bertz CT molecular complexity index is 158. The van der Waals surface area contributed by atoms with Gasteiger partial charge in [0.25, 0.3) is 0 Å². The second kappa shape index (κ2) is 2.44. The zero-order chi connectivity index (χ0) is 8.70. The summed E-state index contributed by atoms with van der Waals surface area (Å²) >= 11 is 0. The summed E-state index contributed by atoms with van der Waals surface area (Å²) < 4.78 is 11.2. The summed E-state index contributed by atoms with van der Waals surface area (Å²) in [6.45, 7) is 7.96. The monoisotopic (exact) mass is 159 g/mol. The maximum atomic E-state index is 5.66. The van der Waals surface area contributed by atoms with Gasteiger partial charge in [-0.05, 0) is 27.8 Å². The predicted molar refractivity (Wildman–Crippen MR) is 43.2 cm³/mol. The molecule has 0 aliphatic carbocycles. The van der Waals surface area contributed by atoms with Crippen LogP contribution >= 0.6 is 0 Å². The minimum absolute atomic E-state index is 0.125. The Morgan fingerprint density at radius 3 is 2.00 bits per heavy atom. The van der Waals surface area contributed by atoms with Gasteiger partial charge in [0.2, 0.25) is 5.91 Å². The molecular formula is C8H17NO2. The van der Waals surface area contributed by atoms with Crippen LogP contribution in [0.4, 0.5) is 0 Å². The standard InChI is InChI=1S/C8H17NO2/c1-6-7(2,3)11-8(4,9-5)10-6/h6,9H,1-5H3. The molecule has 2 unspecified atom stereocenters. The van der Waals surface area contributed by atoms with Crippen molar-refractivity contribution in [3.63, 3.8) is 0 Å². The van der Waals surface area contributed by atoms with Gasteiger partial charge in [0, 0.05) is 6.92 Å². The summed E-state index contributed by atoms with van der Waals surface area (Å²) in [4.78, 5) is 0. The van der Waals surface area contributed by atoms with Gasteiger partial charge < -0.3 is 9.47 Å². The van der Waals surface area contributed by atoms with E-state index in [1.807, 2.05) is 34.7 Å². The zero-order valence-electron chi connectivity index (χ0n) is 7.89. The minimum Gasteiger partial charge on any atom is -0.332 e. The van der Waals surface area contributed by atoms with E-state index in [1.54, 1.807) is 0 Å². The van der Waals surface area contributed by atoms with Gasteiger partial charge in [-0.2, -0.15) is 0 Å². The van der Waals surface area contributed by atoms with Crippen LogP contribution in [0.1, 0.15) is 27.7 Å². The largest absolute Gasteiger partial charge is 0.332 e. The lowest BCUT2D eigenvalue weighted by atomic mass is 10.0. The second-order valence-corrected chi connectivity index (χ2v) is 3.66. The molecule has 1 N–H and O–H groups in total. The van der Waals surface area contributed by atoms with Crippen LogP contribution in [0.2, 0.25) is 0 Å². The summed E-state index contributed by atoms with van der Waals surface area (Å²) in [5, 5.41) is 2.98. The van der Waals surface area contributed by atoms with E-state index < -0.39 is 5.91 Å². The van der Waals surface area contributed by atoms with Gasteiger partial charge in [0.05, 0.1) is 11.7 Å².